The molecule has 1 unspecified atom stereocenters. The highest BCUT2D eigenvalue weighted by atomic mass is 16.5. The lowest BCUT2D eigenvalue weighted by atomic mass is 10.1. The number of hydrogen-bond donors (Lipinski definition) is 2. The molecule has 0 aliphatic rings. The minimum absolute atomic E-state index is 0.168. The summed E-state index contributed by atoms with van der Waals surface area (Å²) in [5.41, 5.74) is 5.64. The van der Waals surface area contributed by atoms with E-state index in [1.165, 1.54) is 0 Å². The molecule has 2 aromatic heterocycles. The molecule has 3 N–H and O–H groups in total. The molecule has 0 fully saturated rings. The van der Waals surface area contributed by atoms with Crippen LogP contribution >= 0.6 is 0 Å². The second-order valence-electron chi connectivity index (χ2n) is 4.09. The number of aryl methyl sites for hydroxylation is 2. The van der Waals surface area contributed by atoms with Crippen LogP contribution in [-0.4, -0.2) is 21.9 Å². The quantitative estimate of drug-likeness (QED) is 0.614. The van der Waals surface area contributed by atoms with Crippen LogP contribution in [0.25, 0.3) is 0 Å². The number of nitrogens with one attached hydrogen (secondary N) is 1. The Bertz CT molecular complexity index is 537. The van der Waals surface area contributed by atoms with Gasteiger partial charge in [-0.25, -0.2) is 5.43 Å². The van der Waals surface area contributed by atoms with Gasteiger partial charge in [0, 0.05) is 13.2 Å². The third-order valence-corrected chi connectivity index (χ3v) is 2.80. The van der Waals surface area contributed by atoms with E-state index >= 15 is 0 Å². The fourth-order valence-electron chi connectivity index (χ4n) is 1.96. The second-order valence-corrected chi connectivity index (χ2v) is 4.09. The fourth-order valence-corrected chi connectivity index (χ4v) is 1.96. The van der Waals surface area contributed by atoms with Crippen molar-refractivity contribution in [2.75, 3.05) is 7.11 Å². The minimum atomic E-state index is -0.168. The Balaban J connectivity index is 2.41. The van der Waals surface area contributed by atoms with Crippen LogP contribution in [0.15, 0.2) is 24.5 Å². The van der Waals surface area contributed by atoms with Crippen LogP contribution in [0.1, 0.15) is 23.0 Å². The molecule has 0 aliphatic heterocycles. The van der Waals surface area contributed by atoms with Crippen molar-refractivity contribution in [2.45, 2.75) is 13.0 Å². The first-order chi connectivity index (χ1) is 8.65. The minimum Gasteiger partial charge on any atom is -0.495 e. The molecule has 96 valence electrons. The largest absolute Gasteiger partial charge is 0.495 e. The zero-order valence-corrected chi connectivity index (χ0v) is 10.7. The van der Waals surface area contributed by atoms with Crippen molar-refractivity contribution in [3.8, 4) is 5.75 Å². The summed E-state index contributed by atoms with van der Waals surface area (Å²) in [6.45, 7) is 1.95. The molecule has 1 atom stereocenters. The Hall–Kier alpha value is -1.92. The van der Waals surface area contributed by atoms with Gasteiger partial charge in [-0.15, -0.1) is 0 Å². The monoisotopic (exact) mass is 247 g/mol. The highest BCUT2D eigenvalue weighted by Crippen LogP contribution is 2.23. The van der Waals surface area contributed by atoms with E-state index in [2.05, 4.69) is 15.5 Å². The van der Waals surface area contributed by atoms with E-state index in [0.717, 1.165) is 17.0 Å². The average Bonchev–Trinajstić information content (AvgIpc) is 2.70. The molecule has 6 nitrogen and oxygen atoms in total. The van der Waals surface area contributed by atoms with Crippen LogP contribution in [-0.2, 0) is 7.05 Å². The van der Waals surface area contributed by atoms with E-state index in [-0.39, 0.29) is 6.04 Å². The topological polar surface area (TPSA) is 78.0 Å². The van der Waals surface area contributed by atoms with Gasteiger partial charge in [0.25, 0.3) is 0 Å². The van der Waals surface area contributed by atoms with Gasteiger partial charge in [-0.05, 0) is 24.6 Å². The fraction of sp³-hybridized carbons (Fsp3) is 0.333. The molecule has 0 saturated carbocycles. The summed E-state index contributed by atoms with van der Waals surface area (Å²) >= 11 is 0. The van der Waals surface area contributed by atoms with Gasteiger partial charge in [0.1, 0.15) is 5.75 Å². The zero-order chi connectivity index (χ0) is 13.1. The second kappa shape index (κ2) is 5.16. The molecule has 2 heterocycles. The highest BCUT2D eigenvalue weighted by molar-refractivity contribution is 5.31. The number of pyridine rings is 1. The van der Waals surface area contributed by atoms with Gasteiger partial charge in [-0.2, -0.15) is 5.10 Å². The van der Waals surface area contributed by atoms with Crippen LogP contribution in [0.2, 0.25) is 0 Å². The van der Waals surface area contributed by atoms with Crippen molar-refractivity contribution < 1.29 is 4.74 Å². The molecular formula is C12H17N5O. The van der Waals surface area contributed by atoms with Gasteiger partial charge < -0.3 is 4.74 Å². The van der Waals surface area contributed by atoms with Crippen molar-refractivity contribution in [2.24, 2.45) is 12.9 Å². The maximum atomic E-state index is 5.65. The first-order valence-corrected chi connectivity index (χ1v) is 5.61. The van der Waals surface area contributed by atoms with Crippen molar-refractivity contribution in [3.63, 3.8) is 0 Å². The Morgan fingerprint density at radius 1 is 1.39 bits per heavy atom. The standard InChI is InChI=1S/C12H17N5O/c1-8-4-11(17(2)16-8)12(15-13)9-5-10(18-3)7-14-6-9/h4-7,12,15H,13H2,1-3H3. The number of hydrogen-bond acceptors (Lipinski definition) is 5. The lowest BCUT2D eigenvalue weighted by molar-refractivity contribution is 0.411. The van der Waals surface area contributed by atoms with Crippen LogP contribution in [0.3, 0.4) is 0 Å². The summed E-state index contributed by atoms with van der Waals surface area (Å²) in [4.78, 5) is 4.14. The van der Waals surface area contributed by atoms with Gasteiger partial charge in [0.2, 0.25) is 0 Å². The smallest absolute Gasteiger partial charge is 0.137 e. The Labute approximate surface area is 106 Å². The van der Waals surface area contributed by atoms with E-state index < -0.39 is 0 Å². The van der Waals surface area contributed by atoms with E-state index in [0.29, 0.717) is 5.75 Å². The molecule has 0 aromatic carbocycles. The lowest BCUT2D eigenvalue weighted by Gasteiger charge is -2.16. The highest BCUT2D eigenvalue weighted by Gasteiger charge is 2.17. The van der Waals surface area contributed by atoms with Gasteiger partial charge in [0.15, 0.2) is 0 Å². The maximum absolute atomic E-state index is 5.65. The molecule has 2 rings (SSSR count). The normalized spacial score (nSPS) is 12.4. The number of ether oxygens (including phenoxy) is 1. The molecule has 0 radical (unpaired) electrons. The van der Waals surface area contributed by atoms with Gasteiger partial charge in [-0.1, -0.05) is 0 Å². The number of nitrogens with two attached hydrogens (primary N) is 1. The number of methoxy groups -OCH3 is 1. The van der Waals surface area contributed by atoms with E-state index in [4.69, 9.17) is 10.6 Å². The maximum Gasteiger partial charge on any atom is 0.137 e. The molecule has 2 aromatic rings. The summed E-state index contributed by atoms with van der Waals surface area (Å²) in [5, 5.41) is 4.32. The molecule has 0 amide bonds. The summed E-state index contributed by atoms with van der Waals surface area (Å²) in [6, 6.07) is 3.72. The number of rotatable bonds is 4. The van der Waals surface area contributed by atoms with Gasteiger partial charge in [0.05, 0.1) is 30.7 Å². The number of hydrazine groups is 1. The van der Waals surface area contributed by atoms with E-state index in [9.17, 15) is 0 Å². The third kappa shape index (κ3) is 2.34. The zero-order valence-electron chi connectivity index (χ0n) is 10.7. The summed E-state index contributed by atoms with van der Waals surface area (Å²) in [5.74, 6) is 6.35. The predicted octanol–water partition coefficient (Wildman–Crippen LogP) is 0.685. The van der Waals surface area contributed by atoms with Crippen LogP contribution in [0.4, 0.5) is 0 Å². The molecule has 18 heavy (non-hydrogen) atoms. The van der Waals surface area contributed by atoms with Crippen molar-refractivity contribution >= 4 is 0 Å². The Morgan fingerprint density at radius 2 is 2.17 bits per heavy atom. The lowest BCUT2D eigenvalue weighted by Crippen LogP contribution is -2.30. The Morgan fingerprint density at radius 3 is 2.72 bits per heavy atom. The average molecular weight is 247 g/mol. The summed E-state index contributed by atoms with van der Waals surface area (Å²) in [7, 11) is 3.50. The first-order valence-electron chi connectivity index (χ1n) is 5.61. The SMILES string of the molecule is COc1cncc(C(NN)c2cc(C)nn2C)c1. The molecule has 0 spiro atoms. The van der Waals surface area contributed by atoms with Gasteiger partial charge >= 0.3 is 0 Å². The van der Waals surface area contributed by atoms with E-state index in [1.807, 2.05) is 26.1 Å². The van der Waals surface area contributed by atoms with Crippen LogP contribution in [0, 0.1) is 6.92 Å². The number of aromatic nitrogens is 3. The van der Waals surface area contributed by atoms with Crippen molar-refractivity contribution in [1.29, 1.82) is 0 Å². The molecular weight excluding hydrogens is 230 g/mol. The van der Waals surface area contributed by atoms with Gasteiger partial charge in [-0.3, -0.25) is 15.5 Å². The molecule has 0 bridgehead atoms. The third-order valence-electron chi connectivity index (χ3n) is 2.80. The van der Waals surface area contributed by atoms with Crippen LogP contribution in [0.5, 0.6) is 5.75 Å². The molecule has 6 heteroatoms. The van der Waals surface area contributed by atoms with Crippen LogP contribution < -0.4 is 16.0 Å². The predicted molar refractivity (Wildman–Crippen MR) is 67.9 cm³/mol. The van der Waals surface area contributed by atoms with Crippen molar-refractivity contribution in [3.05, 3.63) is 41.5 Å². The first kappa shape index (κ1) is 12.5. The molecule has 0 aliphatic carbocycles. The number of nitrogens with zero attached hydrogens (tertiary/aromatic N) is 3. The summed E-state index contributed by atoms with van der Waals surface area (Å²) < 4.78 is 6.97. The Kier molecular flexibility index (Phi) is 3.59. The van der Waals surface area contributed by atoms with Crippen molar-refractivity contribution in [1.82, 2.24) is 20.2 Å². The van der Waals surface area contributed by atoms with E-state index in [1.54, 1.807) is 24.2 Å². The summed E-state index contributed by atoms with van der Waals surface area (Å²) in [6.07, 6.45) is 3.42. The molecule has 0 saturated heterocycles.